The van der Waals surface area contributed by atoms with Crippen LogP contribution in [-0.4, -0.2) is 11.7 Å². The summed E-state index contributed by atoms with van der Waals surface area (Å²) in [5, 5.41) is 8.86. The van der Waals surface area contributed by atoms with Crippen LogP contribution in [0.5, 0.6) is 0 Å². The number of hydrogen-bond donors (Lipinski definition) is 1. The Morgan fingerprint density at radius 2 is 1.90 bits per heavy atom. The minimum atomic E-state index is 0.346. The van der Waals surface area contributed by atoms with E-state index in [1.165, 1.54) is 19.3 Å². The minimum absolute atomic E-state index is 0.346. The van der Waals surface area contributed by atoms with Crippen molar-refractivity contribution < 1.29 is 5.11 Å². The first-order valence-electron chi connectivity index (χ1n) is 4.37. The summed E-state index contributed by atoms with van der Waals surface area (Å²) in [6.07, 6.45) is 3.70. The van der Waals surface area contributed by atoms with Crippen molar-refractivity contribution in [3.63, 3.8) is 0 Å². The zero-order valence-electron chi connectivity index (χ0n) is 7.43. The normalized spacial score (nSPS) is 16.8. The maximum Gasteiger partial charge on any atom is 0.0459 e. The maximum absolute atomic E-state index is 8.86. The van der Waals surface area contributed by atoms with Gasteiger partial charge in [-0.25, -0.2) is 0 Å². The van der Waals surface area contributed by atoms with Crippen LogP contribution in [-0.2, 0) is 0 Å². The largest absolute Gasteiger partial charge is 0.396 e. The van der Waals surface area contributed by atoms with Crippen molar-refractivity contribution >= 4 is 0 Å². The van der Waals surface area contributed by atoms with Crippen LogP contribution in [0.2, 0.25) is 0 Å². The molecule has 1 N–H and O–H groups in total. The van der Waals surface area contributed by atoms with Crippen LogP contribution < -0.4 is 0 Å². The molecule has 0 radical (unpaired) electrons. The van der Waals surface area contributed by atoms with Gasteiger partial charge in [0.05, 0.1) is 0 Å². The second-order valence-electron chi connectivity index (χ2n) is 3.12. The van der Waals surface area contributed by atoms with Crippen molar-refractivity contribution in [2.45, 2.75) is 40.0 Å². The molecule has 0 aromatic rings. The van der Waals surface area contributed by atoms with Crippen LogP contribution in [0.25, 0.3) is 0 Å². The third-order valence-corrected chi connectivity index (χ3v) is 2.28. The summed E-state index contributed by atoms with van der Waals surface area (Å²) < 4.78 is 0. The second-order valence-corrected chi connectivity index (χ2v) is 3.12. The van der Waals surface area contributed by atoms with Crippen molar-refractivity contribution in [2.24, 2.45) is 11.8 Å². The quantitative estimate of drug-likeness (QED) is 0.628. The molecular weight excluding hydrogens is 124 g/mol. The molecule has 0 saturated heterocycles. The van der Waals surface area contributed by atoms with Crippen LogP contribution in [0.4, 0.5) is 0 Å². The SMILES string of the molecule is CCCC(CC)[C@H](C)CO. The molecule has 2 atom stereocenters. The van der Waals surface area contributed by atoms with Crippen LogP contribution in [0.1, 0.15) is 40.0 Å². The molecule has 0 aromatic carbocycles. The molecule has 0 saturated carbocycles. The summed E-state index contributed by atoms with van der Waals surface area (Å²) in [5.74, 6) is 1.22. The van der Waals surface area contributed by atoms with Crippen molar-refractivity contribution in [3.05, 3.63) is 0 Å². The zero-order valence-corrected chi connectivity index (χ0v) is 7.43. The lowest BCUT2D eigenvalue weighted by Gasteiger charge is -2.19. The monoisotopic (exact) mass is 144 g/mol. The Morgan fingerprint density at radius 1 is 1.30 bits per heavy atom. The van der Waals surface area contributed by atoms with E-state index in [0.29, 0.717) is 12.5 Å². The molecule has 1 nitrogen and oxygen atoms in total. The van der Waals surface area contributed by atoms with Gasteiger partial charge in [-0.05, 0) is 11.8 Å². The minimum Gasteiger partial charge on any atom is -0.396 e. The maximum atomic E-state index is 8.86. The lowest BCUT2D eigenvalue weighted by atomic mass is 9.88. The number of aliphatic hydroxyl groups is 1. The van der Waals surface area contributed by atoms with Gasteiger partial charge >= 0.3 is 0 Å². The fourth-order valence-electron chi connectivity index (χ4n) is 1.41. The fraction of sp³-hybridized carbons (Fsp3) is 1.00. The van der Waals surface area contributed by atoms with Gasteiger partial charge in [0.15, 0.2) is 0 Å². The summed E-state index contributed by atoms with van der Waals surface area (Å²) in [5.41, 5.74) is 0. The molecule has 62 valence electrons. The molecule has 0 spiro atoms. The summed E-state index contributed by atoms with van der Waals surface area (Å²) >= 11 is 0. The van der Waals surface area contributed by atoms with Crippen molar-refractivity contribution in [2.75, 3.05) is 6.61 Å². The van der Waals surface area contributed by atoms with Gasteiger partial charge in [-0.1, -0.05) is 40.0 Å². The topological polar surface area (TPSA) is 20.2 Å². The molecule has 0 heterocycles. The molecule has 0 rings (SSSR count). The first-order valence-corrected chi connectivity index (χ1v) is 4.37. The van der Waals surface area contributed by atoms with Gasteiger partial charge in [0.2, 0.25) is 0 Å². The molecule has 0 aliphatic carbocycles. The van der Waals surface area contributed by atoms with E-state index in [2.05, 4.69) is 20.8 Å². The first-order chi connectivity index (χ1) is 4.76. The Balaban J connectivity index is 3.56. The molecule has 0 amide bonds. The van der Waals surface area contributed by atoms with E-state index in [9.17, 15) is 0 Å². The molecule has 0 aromatic heterocycles. The highest BCUT2D eigenvalue weighted by Gasteiger charge is 2.12. The van der Waals surface area contributed by atoms with E-state index in [-0.39, 0.29) is 0 Å². The van der Waals surface area contributed by atoms with E-state index >= 15 is 0 Å². The molecular formula is C9H20O. The molecule has 0 aliphatic heterocycles. The molecule has 0 bridgehead atoms. The van der Waals surface area contributed by atoms with E-state index < -0.39 is 0 Å². The summed E-state index contributed by atoms with van der Waals surface area (Å²) in [7, 11) is 0. The lowest BCUT2D eigenvalue weighted by Crippen LogP contribution is -2.14. The van der Waals surface area contributed by atoms with Gasteiger partial charge in [0.1, 0.15) is 0 Å². The first kappa shape index (κ1) is 9.96. The van der Waals surface area contributed by atoms with Gasteiger partial charge in [-0.15, -0.1) is 0 Å². The van der Waals surface area contributed by atoms with E-state index in [0.717, 1.165) is 5.92 Å². The van der Waals surface area contributed by atoms with Crippen LogP contribution in [0, 0.1) is 11.8 Å². The Morgan fingerprint density at radius 3 is 2.20 bits per heavy atom. The van der Waals surface area contributed by atoms with Gasteiger partial charge in [0.25, 0.3) is 0 Å². The fourth-order valence-corrected chi connectivity index (χ4v) is 1.41. The highest BCUT2D eigenvalue weighted by molar-refractivity contribution is 4.62. The summed E-state index contributed by atoms with van der Waals surface area (Å²) in [6.45, 7) is 6.88. The summed E-state index contributed by atoms with van der Waals surface area (Å²) in [4.78, 5) is 0. The highest BCUT2D eigenvalue weighted by Crippen LogP contribution is 2.19. The molecule has 0 aliphatic rings. The Hall–Kier alpha value is -0.0400. The third kappa shape index (κ3) is 3.21. The zero-order chi connectivity index (χ0) is 7.98. The molecule has 0 fully saturated rings. The average molecular weight is 144 g/mol. The Bertz CT molecular complexity index is 71.1. The van der Waals surface area contributed by atoms with Gasteiger partial charge in [-0.3, -0.25) is 0 Å². The lowest BCUT2D eigenvalue weighted by molar-refractivity contribution is 0.178. The average Bonchev–Trinajstić information content (AvgIpc) is 1.99. The van der Waals surface area contributed by atoms with Crippen LogP contribution in [0.3, 0.4) is 0 Å². The molecule has 1 unspecified atom stereocenters. The molecule has 1 heteroatoms. The van der Waals surface area contributed by atoms with Crippen LogP contribution >= 0.6 is 0 Å². The number of hydrogen-bond acceptors (Lipinski definition) is 1. The second kappa shape index (κ2) is 5.72. The van der Waals surface area contributed by atoms with Gasteiger partial charge < -0.3 is 5.11 Å². The van der Waals surface area contributed by atoms with Crippen molar-refractivity contribution in [1.29, 1.82) is 0 Å². The summed E-state index contributed by atoms with van der Waals surface area (Å²) in [6, 6.07) is 0. The Labute approximate surface area is 64.5 Å². The van der Waals surface area contributed by atoms with Crippen molar-refractivity contribution in [1.82, 2.24) is 0 Å². The van der Waals surface area contributed by atoms with Crippen molar-refractivity contribution in [3.8, 4) is 0 Å². The van der Waals surface area contributed by atoms with E-state index in [1.807, 2.05) is 0 Å². The van der Waals surface area contributed by atoms with E-state index in [1.54, 1.807) is 0 Å². The number of rotatable bonds is 5. The van der Waals surface area contributed by atoms with Gasteiger partial charge in [-0.2, -0.15) is 0 Å². The van der Waals surface area contributed by atoms with Crippen LogP contribution in [0.15, 0.2) is 0 Å². The predicted octanol–water partition coefficient (Wildman–Crippen LogP) is 2.44. The van der Waals surface area contributed by atoms with Gasteiger partial charge in [0, 0.05) is 6.61 Å². The van der Waals surface area contributed by atoms with E-state index in [4.69, 9.17) is 5.11 Å². The predicted molar refractivity (Wildman–Crippen MR) is 44.9 cm³/mol. The number of aliphatic hydroxyl groups excluding tert-OH is 1. The molecule has 10 heavy (non-hydrogen) atoms. The third-order valence-electron chi connectivity index (χ3n) is 2.28. The smallest absolute Gasteiger partial charge is 0.0459 e. The standard InChI is InChI=1S/C9H20O/c1-4-6-9(5-2)8(3)7-10/h8-10H,4-7H2,1-3H3/t8-,9?/m1/s1. The Kier molecular flexibility index (Phi) is 5.70. The highest BCUT2D eigenvalue weighted by atomic mass is 16.3.